The third-order valence-corrected chi connectivity index (χ3v) is 4.75. The molecule has 0 saturated heterocycles. The average molecular weight is 310 g/mol. The Balaban J connectivity index is 2.06. The van der Waals surface area contributed by atoms with Crippen molar-refractivity contribution in [3.63, 3.8) is 0 Å². The maximum absolute atomic E-state index is 12.4. The van der Waals surface area contributed by atoms with E-state index in [9.17, 15) is 8.42 Å². The third kappa shape index (κ3) is 2.32. The lowest BCUT2D eigenvalue weighted by atomic mass is 10.3. The number of nitrogens with zero attached hydrogens (tertiary/aromatic N) is 3. The zero-order valence-corrected chi connectivity index (χ0v) is 12.0. The second kappa shape index (κ2) is 4.76. The van der Waals surface area contributed by atoms with E-state index in [4.69, 9.17) is 0 Å². The molecule has 7 nitrogen and oxygen atoms in total. The molecule has 9 heteroatoms. The molecule has 3 aromatic heterocycles. The van der Waals surface area contributed by atoms with Crippen LogP contribution >= 0.6 is 11.3 Å². The number of aryl methyl sites for hydroxylation is 1. The fourth-order valence-electron chi connectivity index (χ4n) is 1.71. The summed E-state index contributed by atoms with van der Waals surface area (Å²) in [5, 5.41) is 9.62. The highest BCUT2D eigenvalue weighted by Crippen LogP contribution is 2.30. The van der Waals surface area contributed by atoms with Crippen LogP contribution in [0.1, 0.15) is 0 Å². The van der Waals surface area contributed by atoms with Gasteiger partial charge in [0.2, 0.25) is 0 Å². The lowest BCUT2D eigenvalue weighted by Crippen LogP contribution is -2.13. The summed E-state index contributed by atoms with van der Waals surface area (Å²) in [5.74, 6) is 0.131. The van der Waals surface area contributed by atoms with E-state index < -0.39 is 10.0 Å². The fraction of sp³-hybridized carbons (Fsp3) is 0.0909. The van der Waals surface area contributed by atoms with Crippen LogP contribution in [0.15, 0.2) is 45.5 Å². The Morgan fingerprint density at radius 3 is 2.90 bits per heavy atom. The quantitative estimate of drug-likeness (QED) is 0.795. The summed E-state index contributed by atoms with van der Waals surface area (Å²) in [5.41, 5.74) is 0.415. The molecule has 104 valence electrons. The van der Waals surface area contributed by atoms with Gasteiger partial charge in [-0.2, -0.15) is 5.10 Å². The molecule has 0 fully saturated rings. The minimum atomic E-state index is -3.77. The van der Waals surface area contributed by atoms with Gasteiger partial charge in [-0.05, 0) is 11.4 Å². The molecule has 1 N–H and O–H groups in total. The molecule has 3 aromatic rings. The smallest absolute Gasteiger partial charge is 0.266 e. The van der Waals surface area contributed by atoms with Gasteiger partial charge >= 0.3 is 0 Å². The van der Waals surface area contributed by atoms with Crippen molar-refractivity contribution in [3.05, 3.63) is 36.0 Å². The summed E-state index contributed by atoms with van der Waals surface area (Å²) in [7, 11) is -2.10. The molecule has 0 atom stereocenters. The molecule has 0 bridgehead atoms. The maximum Gasteiger partial charge on any atom is 0.266 e. The Labute approximate surface area is 118 Å². The number of nitrogens with one attached hydrogen (secondary N) is 1. The first-order valence-electron chi connectivity index (χ1n) is 5.57. The van der Waals surface area contributed by atoms with Gasteiger partial charge in [0.25, 0.3) is 10.0 Å². The zero-order chi connectivity index (χ0) is 14.2. The van der Waals surface area contributed by atoms with Crippen LogP contribution in [0.2, 0.25) is 0 Å². The number of hydrogen-bond acceptors (Lipinski definition) is 6. The third-order valence-electron chi connectivity index (χ3n) is 2.52. The van der Waals surface area contributed by atoms with Crippen molar-refractivity contribution in [2.75, 3.05) is 4.72 Å². The second-order valence-corrected chi connectivity index (χ2v) is 6.58. The average Bonchev–Trinajstić information content (AvgIpc) is 3.06. The fourth-order valence-corrected chi connectivity index (χ4v) is 3.68. The van der Waals surface area contributed by atoms with Crippen molar-refractivity contribution in [2.24, 2.45) is 7.05 Å². The minimum Gasteiger partial charge on any atom is -0.363 e. The van der Waals surface area contributed by atoms with Crippen LogP contribution in [-0.4, -0.2) is 23.4 Å². The molecule has 0 aromatic carbocycles. The molecule has 3 heterocycles. The number of rotatable bonds is 4. The molecule has 0 aliphatic heterocycles. The standard InChI is InChI=1S/C11H10N4O3S2/c1-15-7-9(11(12-15)8-3-2-6-19-8)20(16,17)14-10-4-5-18-13-10/h2-7H,1H3,(H,13,14). The van der Waals surface area contributed by atoms with E-state index in [1.54, 1.807) is 7.05 Å². The van der Waals surface area contributed by atoms with Crippen molar-refractivity contribution in [1.82, 2.24) is 14.9 Å². The molecular weight excluding hydrogens is 300 g/mol. The molecule has 0 spiro atoms. The Kier molecular flexibility index (Phi) is 3.07. The number of anilines is 1. The first-order chi connectivity index (χ1) is 9.56. The number of sulfonamides is 1. The molecular formula is C11H10N4O3S2. The van der Waals surface area contributed by atoms with E-state index in [-0.39, 0.29) is 10.7 Å². The first-order valence-corrected chi connectivity index (χ1v) is 7.93. The summed E-state index contributed by atoms with van der Waals surface area (Å²) >= 11 is 1.43. The van der Waals surface area contributed by atoms with Gasteiger partial charge in [0, 0.05) is 19.3 Å². The van der Waals surface area contributed by atoms with Crippen molar-refractivity contribution in [3.8, 4) is 10.6 Å². The van der Waals surface area contributed by atoms with Gasteiger partial charge in [0.05, 0.1) is 4.88 Å². The first kappa shape index (κ1) is 12.9. The second-order valence-electron chi connectivity index (χ2n) is 3.98. The van der Waals surface area contributed by atoms with Gasteiger partial charge in [-0.15, -0.1) is 11.3 Å². The van der Waals surface area contributed by atoms with E-state index >= 15 is 0 Å². The summed E-state index contributed by atoms with van der Waals surface area (Å²) in [4.78, 5) is 0.886. The Bertz CT molecular complexity index is 804. The lowest BCUT2D eigenvalue weighted by molar-refractivity contribution is 0.423. The summed E-state index contributed by atoms with van der Waals surface area (Å²) < 4.78 is 33.2. The Hall–Kier alpha value is -2.13. The molecule has 0 radical (unpaired) electrons. The van der Waals surface area contributed by atoms with Crippen molar-refractivity contribution in [1.29, 1.82) is 0 Å². The molecule has 20 heavy (non-hydrogen) atoms. The Morgan fingerprint density at radius 2 is 2.25 bits per heavy atom. The van der Waals surface area contributed by atoms with E-state index in [0.29, 0.717) is 5.69 Å². The summed E-state index contributed by atoms with van der Waals surface area (Å²) in [6.07, 6.45) is 2.75. The van der Waals surface area contributed by atoms with E-state index in [0.717, 1.165) is 4.88 Å². The minimum absolute atomic E-state index is 0.102. The predicted molar refractivity (Wildman–Crippen MR) is 73.8 cm³/mol. The topological polar surface area (TPSA) is 90.0 Å². The largest absolute Gasteiger partial charge is 0.363 e. The van der Waals surface area contributed by atoms with Crippen LogP contribution in [0.25, 0.3) is 10.6 Å². The van der Waals surface area contributed by atoms with Gasteiger partial charge < -0.3 is 4.52 Å². The van der Waals surface area contributed by atoms with E-state index in [1.165, 1.54) is 34.5 Å². The molecule has 0 saturated carbocycles. The molecule has 0 aliphatic rings. The molecule has 0 aliphatic carbocycles. The van der Waals surface area contributed by atoms with Crippen LogP contribution in [0.4, 0.5) is 5.82 Å². The number of thiophene rings is 1. The lowest BCUT2D eigenvalue weighted by Gasteiger charge is -2.03. The zero-order valence-electron chi connectivity index (χ0n) is 10.3. The number of hydrogen-bond donors (Lipinski definition) is 1. The molecule has 0 amide bonds. The number of aromatic nitrogens is 3. The highest BCUT2D eigenvalue weighted by Gasteiger charge is 2.24. The normalized spacial score (nSPS) is 11.7. The van der Waals surface area contributed by atoms with Crippen LogP contribution in [-0.2, 0) is 17.1 Å². The van der Waals surface area contributed by atoms with Crippen LogP contribution in [0, 0.1) is 0 Å². The highest BCUT2D eigenvalue weighted by atomic mass is 32.2. The van der Waals surface area contributed by atoms with Gasteiger partial charge in [-0.25, -0.2) is 8.42 Å². The predicted octanol–water partition coefficient (Wildman–Crippen LogP) is 1.94. The SMILES string of the molecule is Cn1cc(S(=O)(=O)Nc2ccon2)c(-c2cccs2)n1. The summed E-state index contributed by atoms with van der Waals surface area (Å²) in [6.45, 7) is 0. The summed E-state index contributed by atoms with van der Waals surface area (Å²) in [6, 6.07) is 5.09. The Morgan fingerprint density at radius 1 is 1.40 bits per heavy atom. The van der Waals surface area contributed by atoms with Crippen LogP contribution in [0.5, 0.6) is 0 Å². The van der Waals surface area contributed by atoms with Crippen LogP contribution < -0.4 is 4.72 Å². The maximum atomic E-state index is 12.4. The van der Waals surface area contributed by atoms with Crippen molar-refractivity contribution < 1.29 is 12.9 Å². The van der Waals surface area contributed by atoms with Crippen LogP contribution in [0.3, 0.4) is 0 Å². The monoisotopic (exact) mass is 310 g/mol. The van der Waals surface area contributed by atoms with Gasteiger partial charge in [-0.1, -0.05) is 11.2 Å². The van der Waals surface area contributed by atoms with Crippen molar-refractivity contribution in [2.45, 2.75) is 4.90 Å². The molecule has 0 unspecified atom stereocenters. The van der Waals surface area contributed by atoms with Gasteiger partial charge in [0.15, 0.2) is 5.82 Å². The van der Waals surface area contributed by atoms with E-state index in [1.807, 2.05) is 17.5 Å². The highest BCUT2D eigenvalue weighted by molar-refractivity contribution is 7.92. The van der Waals surface area contributed by atoms with Crippen molar-refractivity contribution >= 4 is 27.2 Å². The van der Waals surface area contributed by atoms with Gasteiger partial charge in [-0.3, -0.25) is 9.40 Å². The van der Waals surface area contributed by atoms with Gasteiger partial charge in [0.1, 0.15) is 16.9 Å². The van der Waals surface area contributed by atoms with E-state index in [2.05, 4.69) is 19.5 Å². The molecule has 3 rings (SSSR count).